The van der Waals surface area contributed by atoms with Gasteiger partial charge in [-0.2, -0.15) is 4.89 Å². The molecule has 0 radical (unpaired) electrons. The van der Waals surface area contributed by atoms with Gasteiger partial charge in [-0.3, -0.25) is 0 Å². The molecular weight excluding hydrogens is 440 g/mol. The molecule has 0 fully saturated rings. The number of benzene rings is 2. The Morgan fingerprint density at radius 1 is 0.735 bits per heavy atom. The van der Waals surface area contributed by atoms with Gasteiger partial charge in [-0.1, -0.05) is 37.9 Å². The van der Waals surface area contributed by atoms with E-state index in [0.717, 1.165) is 5.56 Å². The lowest BCUT2D eigenvalue weighted by Crippen LogP contribution is -2.12. The molecule has 8 nitrogen and oxygen atoms in total. The second kappa shape index (κ2) is 12.2. The summed E-state index contributed by atoms with van der Waals surface area (Å²) in [4.78, 5) is 45.7. The van der Waals surface area contributed by atoms with Gasteiger partial charge in [-0.05, 0) is 56.2 Å². The summed E-state index contributed by atoms with van der Waals surface area (Å²) in [6.45, 7) is 15.3. The molecule has 0 aliphatic rings. The zero-order valence-electron chi connectivity index (χ0n) is 19.3. The first-order valence-corrected chi connectivity index (χ1v) is 10.2. The first kappa shape index (κ1) is 26.1. The van der Waals surface area contributed by atoms with Crippen molar-refractivity contribution in [3.8, 4) is 22.6 Å². The monoisotopic (exact) mass is 466 g/mol. The molecule has 2 aromatic carbocycles. The highest BCUT2D eigenvalue weighted by atomic mass is 17.2. The third-order valence-corrected chi connectivity index (χ3v) is 4.10. The van der Waals surface area contributed by atoms with Gasteiger partial charge in [0.05, 0.1) is 5.56 Å². The molecule has 34 heavy (non-hydrogen) atoms. The fourth-order valence-corrected chi connectivity index (χ4v) is 2.42. The first-order chi connectivity index (χ1) is 16.1. The van der Waals surface area contributed by atoms with Crippen LogP contribution in [0, 0.1) is 0 Å². The molecule has 0 aliphatic carbocycles. The molecule has 178 valence electrons. The fourth-order valence-electron chi connectivity index (χ4n) is 2.42. The number of hydrogen-bond donors (Lipinski definition) is 0. The summed E-state index contributed by atoms with van der Waals surface area (Å²) in [5, 5.41) is 0. The Morgan fingerprint density at radius 2 is 1.29 bits per heavy atom. The summed E-state index contributed by atoms with van der Waals surface area (Å²) in [7, 11) is 0. The van der Waals surface area contributed by atoms with Gasteiger partial charge in [0.1, 0.15) is 19.0 Å². The van der Waals surface area contributed by atoms with Crippen molar-refractivity contribution in [2.75, 3.05) is 13.2 Å². The van der Waals surface area contributed by atoms with Crippen LogP contribution in [0.5, 0.6) is 11.5 Å². The van der Waals surface area contributed by atoms with Gasteiger partial charge < -0.3 is 19.1 Å². The van der Waals surface area contributed by atoms with Crippen LogP contribution in [0.1, 0.15) is 31.1 Å². The molecule has 0 aromatic heterocycles. The molecule has 0 atom stereocenters. The number of allylic oxidation sites excluding steroid dienone is 1. The van der Waals surface area contributed by atoms with Crippen LogP contribution in [-0.2, 0) is 24.1 Å². The van der Waals surface area contributed by atoms with Gasteiger partial charge >= 0.3 is 17.9 Å². The van der Waals surface area contributed by atoms with Crippen LogP contribution >= 0.6 is 0 Å². The highest BCUT2D eigenvalue weighted by Crippen LogP contribution is 2.34. The van der Waals surface area contributed by atoms with Crippen LogP contribution in [0.2, 0.25) is 0 Å². The number of carbonyl (C=O) groups is 3. The Labute approximate surface area is 198 Å². The van der Waals surface area contributed by atoms with Crippen LogP contribution < -0.4 is 9.47 Å². The second-order valence-electron chi connectivity index (χ2n) is 7.32. The lowest BCUT2D eigenvalue weighted by molar-refractivity contribution is -0.264. The first-order valence-electron chi connectivity index (χ1n) is 10.2. The fraction of sp³-hybridized carbons (Fsp3) is 0.192. The van der Waals surface area contributed by atoms with E-state index in [1.807, 2.05) is 0 Å². The Bertz CT molecular complexity index is 1110. The molecule has 0 heterocycles. The Balaban J connectivity index is 2.17. The van der Waals surface area contributed by atoms with Crippen LogP contribution in [0.3, 0.4) is 0 Å². The SMILES string of the molecule is C=C(C)OOCCOC(=O)c1ccc(-c2ccc(OC(=O)C(=C)C)c(OC(=O)C(=C)C)c2)cc1. The summed E-state index contributed by atoms with van der Waals surface area (Å²) in [5.74, 6) is -1.35. The zero-order valence-corrected chi connectivity index (χ0v) is 19.3. The standard InChI is InChI=1S/C26H26O8/c1-16(2)24(27)32-22-12-11-21(15-23(22)33-25(28)17(3)4)19-7-9-20(10-8-19)26(29)30-13-14-31-34-18(5)6/h7-12,15H,1,3,5,13-14H2,2,4,6H3. The van der Waals surface area contributed by atoms with E-state index in [2.05, 4.69) is 19.7 Å². The van der Waals surface area contributed by atoms with E-state index in [0.29, 0.717) is 16.9 Å². The molecular formula is C26H26O8. The molecule has 0 N–H and O–H groups in total. The van der Waals surface area contributed by atoms with E-state index in [-0.39, 0.29) is 35.9 Å². The molecule has 2 aromatic rings. The maximum absolute atomic E-state index is 12.2. The van der Waals surface area contributed by atoms with Crippen molar-refractivity contribution in [1.29, 1.82) is 0 Å². The molecule has 0 spiro atoms. The summed E-state index contributed by atoms with van der Waals surface area (Å²) in [5.41, 5.74) is 2.09. The predicted octanol–water partition coefficient (Wildman–Crippen LogP) is 4.96. The van der Waals surface area contributed by atoms with Gasteiger partial charge in [0, 0.05) is 11.1 Å². The third kappa shape index (κ3) is 7.75. The normalized spacial score (nSPS) is 10.1. The van der Waals surface area contributed by atoms with Gasteiger partial charge in [0.25, 0.3) is 0 Å². The zero-order chi connectivity index (χ0) is 25.3. The molecule has 0 amide bonds. The molecule has 0 saturated carbocycles. The van der Waals surface area contributed by atoms with Crippen molar-refractivity contribution in [2.24, 2.45) is 0 Å². The summed E-state index contributed by atoms with van der Waals surface area (Å²) in [6, 6.07) is 11.3. The van der Waals surface area contributed by atoms with E-state index in [4.69, 9.17) is 24.0 Å². The quantitative estimate of drug-likeness (QED) is 0.0872. The molecule has 2 rings (SSSR count). The number of ether oxygens (including phenoxy) is 3. The van der Waals surface area contributed by atoms with Crippen molar-refractivity contribution < 1.29 is 38.4 Å². The van der Waals surface area contributed by atoms with E-state index in [9.17, 15) is 14.4 Å². The molecule has 0 bridgehead atoms. The minimum Gasteiger partial charge on any atom is -0.459 e. The number of rotatable bonds is 11. The van der Waals surface area contributed by atoms with E-state index in [1.165, 1.54) is 19.9 Å². The number of carbonyl (C=O) groups excluding carboxylic acids is 3. The van der Waals surface area contributed by atoms with Crippen LogP contribution in [-0.4, -0.2) is 31.1 Å². The molecule has 0 unspecified atom stereocenters. The topological polar surface area (TPSA) is 97.4 Å². The lowest BCUT2D eigenvalue weighted by atomic mass is 10.0. The summed E-state index contributed by atoms with van der Waals surface area (Å²) in [6.07, 6.45) is 0. The van der Waals surface area contributed by atoms with Crippen LogP contribution in [0.4, 0.5) is 0 Å². The van der Waals surface area contributed by atoms with Crippen molar-refractivity contribution in [3.05, 3.63) is 84.7 Å². The van der Waals surface area contributed by atoms with Gasteiger partial charge in [0.15, 0.2) is 11.5 Å². The van der Waals surface area contributed by atoms with E-state index in [1.54, 1.807) is 43.3 Å². The van der Waals surface area contributed by atoms with Crippen LogP contribution in [0.25, 0.3) is 11.1 Å². The van der Waals surface area contributed by atoms with Crippen molar-refractivity contribution in [2.45, 2.75) is 20.8 Å². The molecule has 0 saturated heterocycles. The Kier molecular flexibility index (Phi) is 9.34. The largest absolute Gasteiger partial charge is 0.459 e. The Hall–Kier alpha value is -4.17. The summed E-state index contributed by atoms with van der Waals surface area (Å²) >= 11 is 0. The van der Waals surface area contributed by atoms with Crippen molar-refractivity contribution in [3.63, 3.8) is 0 Å². The second-order valence-corrected chi connectivity index (χ2v) is 7.32. The van der Waals surface area contributed by atoms with E-state index < -0.39 is 17.9 Å². The predicted molar refractivity (Wildman–Crippen MR) is 125 cm³/mol. The number of esters is 3. The molecule has 8 heteroatoms. The highest BCUT2D eigenvalue weighted by Gasteiger charge is 2.16. The Morgan fingerprint density at radius 3 is 1.85 bits per heavy atom. The third-order valence-electron chi connectivity index (χ3n) is 4.10. The van der Waals surface area contributed by atoms with Gasteiger partial charge in [-0.25, -0.2) is 14.4 Å². The lowest BCUT2D eigenvalue weighted by Gasteiger charge is -2.13. The van der Waals surface area contributed by atoms with Crippen molar-refractivity contribution in [1.82, 2.24) is 0 Å². The number of hydrogen-bond acceptors (Lipinski definition) is 8. The average Bonchev–Trinajstić information content (AvgIpc) is 2.79. The summed E-state index contributed by atoms with van der Waals surface area (Å²) < 4.78 is 15.7. The molecule has 0 aliphatic heterocycles. The smallest absolute Gasteiger partial charge is 0.338 e. The average molecular weight is 466 g/mol. The van der Waals surface area contributed by atoms with E-state index >= 15 is 0 Å². The minimum absolute atomic E-state index is 0.00960. The van der Waals surface area contributed by atoms with Gasteiger partial charge in [-0.15, -0.1) is 0 Å². The maximum Gasteiger partial charge on any atom is 0.338 e. The van der Waals surface area contributed by atoms with Gasteiger partial charge in [0.2, 0.25) is 0 Å². The van der Waals surface area contributed by atoms with Crippen LogP contribution in [0.15, 0.2) is 79.1 Å². The highest BCUT2D eigenvalue weighted by molar-refractivity contribution is 5.92. The maximum atomic E-state index is 12.2. The minimum atomic E-state index is -0.666. The van der Waals surface area contributed by atoms with Crippen molar-refractivity contribution >= 4 is 17.9 Å².